The largest absolute Gasteiger partial charge is 0.462 e. The molecule has 5 nitrogen and oxygen atoms in total. The van der Waals surface area contributed by atoms with E-state index in [-0.39, 0.29) is 42.6 Å². The molecule has 0 spiro atoms. The van der Waals surface area contributed by atoms with E-state index in [9.17, 15) is 9.59 Å². The lowest BCUT2D eigenvalue weighted by Crippen LogP contribution is -2.23. The van der Waals surface area contributed by atoms with Crippen LogP contribution in [0.15, 0.2) is 24.3 Å². The fraction of sp³-hybridized carbons (Fsp3) is 0.500. The van der Waals surface area contributed by atoms with Crippen LogP contribution in [0.3, 0.4) is 0 Å². The first-order valence-electron chi connectivity index (χ1n) is 8.60. The van der Waals surface area contributed by atoms with Crippen LogP contribution < -0.4 is 0 Å². The molecule has 2 fully saturated rings. The molecule has 1 aliphatic carbocycles. The van der Waals surface area contributed by atoms with Gasteiger partial charge >= 0.3 is 5.97 Å². The molecule has 0 bridgehead atoms. The maximum absolute atomic E-state index is 12.3. The van der Waals surface area contributed by atoms with Crippen LogP contribution in [0.4, 0.5) is 0 Å². The Morgan fingerprint density at radius 2 is 2.08 bits per heavy atom. The van der Waals surface area contributed by atoms with Crippen LogP contribution in [0.25, 0.3) is 0 Å². The van der Waals surface area contributed by atoms with Gasteiger partial charge in [-0.2, -0.15) is 0 Å². The fourth-order valence-electron chi connectivity index (χ4n) is 3.38. The molecule has 1 aliphatic heterocycles. The summed E-state index contributed by atoms with van der Waals surface area (Å²) in [7, 11) is 0. The zero-order valence-corrected chi connectivity index (χ0v) is 14.5. The molecule has 1 saturated carbocycles. The molecular formula is C20H22O5. The maximum atomic E-state index is 12.3. The summed E-state index contributed by atoms with van der Waals surface area (Å²) in [4.78, 5) is 23.9. The molecule has 0 radical (unpaired) electrons. The van der Waals surface area contributed by atoms with E-state index in [1.807, 2.05) is 26.0 Å². The number of ketones is 1. The van der Waals surface area contributed by atoms with Crippen LogP contribution in [0.2, 0.25) is 0 Å². The van der Waals surface area contributed by atoms with Gasteiger partial charge < -0.3 is 14.2 Å². The third-order valence-electron chi connectivity index (χ3n) is 4.72. The third kappa shape index (κ3) is 4.09. The van der Waals surface area contributed by atoms with E-state index in [0.717, 1.165) is 5.56 Å². The minimum Gasteiger partial charge on any atom is -0.462 e. The van der Waals surface area contributed by atoms with Gasteiger partial charge in [0, 0.05) is 24.5 Å². The number of benzene rings is 1. The van der Waals surface area contributed by atoms with Gasteiger partial charge in [0.25, 0.3) is 0 Å². The van der Waals surface area contributed by atoms with Crippen LogP contribution in [-0.4, -0.2) is 37.4 Å². The highest BCUT2D eigenvalue weighted by molar-refractivity contribution is 6.09. The summed E-state index contributed by atoms with van der Waals surface area (Å²) in [5, 5.41) is 0. The number of esters is 1. The predicted octanol–water partition coefficient (Wildman–Crippen LogP) is 2.51. The van der Waals surface area contributed by atoms with Crippen molar-refractivity contribution in [3.63, 3.8) is 0 Å². The molecule has 3 rings (SSSR count). The highest BCUT2D eigenvalue weighted by atomic mass is 16.7. The Morgan fingerprint density at radius 3 is 2.80 bits per heavy atom. The first kappa shape index (κ1) is 17.7. The number of Topliss-reactive ketones (excluding diaryl/α,β-unsaturated/α-hetero) is 1. The quantitative estimate of drug-likeness (QED) is 0.205. The summed E-state index contributed by atoms with van der Waals surface area (Å²) in [5.74, 6) is 5.14. The monoisotopic (exact) mass is 342 g/mol. The van der Waals surface area contributed by atoms with Crippen LogP contribution >= 0.6 is 0 Å². The molecule has 0 unspecified atom stereocenters. The summed E-state index contributed by atoms with van der Waals surface area (Å²) < 4.78 is 16.3. The second kappa shape index (κ2) is 7.81. The highest BCUT2D eigenvalue weighted by Gasteiger charge is 2.50. The second-order valence-electron chi connectivity index (χ2n) is 6.44. The first-order valence-corrected chi connectivity index (χ1v) is 8.60. The van der Waals surface area contributed by atoms with Gasteiger partial charge in [0.05, 0.1) is 18.4 Å². The van der Waals surface area contributed by atoms with Gasteiger partial charge in [0.2, 0.25) is 5.78 Å². The van der Waals surface area contributed by atoms with Crippen molar-refractivity contribution < 1.29 is 23.8 Å². The van der Waals surface area contributed by atoms with E-state index >= 15 is 0 Å². The standard InChI is InChI=1S/C20H22O5/c1-3-23-12-24-18-11-19-16(10-20(22)25-19)15(18)8-9-17(21)14-6-4-13(2)5-7-14/h4-7,15-16,18-19H,3,10-12H2,1-2H3/t15-,16-,18-,19+/m1/s1. The Kier molecular flexibility index (Phi) is 5.52. The molecule has 5 heteroatoms. The molecule has 0 aromatic heterocycles. The molecule has 1 aromatic carbocycles. The van der Waals surface area contributed by atoms with Crippen LogP contribution in [0, 0.1) is 30.6 Å². The third-order valence-corrected chi connectivity index (χ3v) is 4.72. The molecule has 2 aliphatic rings. The van der Waals surface area contributed by atoms with Crippen molar-refractivity contribution >= 4 is 11.8 Å². The van der Waals surface area contributed by atoms with Crippen LogP contribution in [0.5, 0.6) is 0 Å². The Balaban J connectivity index is 1.73. The predicted molar refractivity (Wildman–Crippen MR) is 90.7 cm³/mol. The number of fused-ring (bicyclic) bond motifs is 1. The topological polar surface area (TPSA) is 61.8 Å². The number of aryl methyl sites for hydroxylation is 1. The van der Waals surface area contributed by atoms with Gasteiger partial charge in [-0.1, -0.05) is 35.7 Å². The van der Waals surface area contributed by atoms with E-state index in [1.54, 1.807) is 12.1 Å². The zero-order valence-electron chi connectivity index (χ0n) is 14.5. The van der Waals surface area contributed by atoms with E-state index in [2.05, 4.69) is 11.8 Å². The lowest BCUT2D eigenvalue weighted by atomic mass is 9.92. The fourth-order valence-corrected chi connectivity index (χ4v) is 3.38. The van der Waals surface area contributed by atoms with Gasteiger partial charge in [-0.25, -0.2) is 0 Å². The van der Waals surface area contributed by atoms with Gasteiger partial charge in [-0.15, -0.1) is 0 Å². The van der Waals surface area contributed by atoms with Gasteiger partial charge in [-0.3, -0.25) is 9.59 Å². The van der Waals surface area contributed by atoms with Crippen molar-refractivity contribution in [1.29, 1.82) is 0 Å². The second-order valence-corrected chi connectivity index (χ2v) is 6.44. The van der Waals surface area contributed by atoms with Crippen molar-refractivity contribution in [1.82, 2.24) is 0 Å². The number of carbonyl (C=O) groups excluding carboxylic acids is 2. The van der Waals surface area contributed by atoms with Crippen molar-refractivity contribution in [2.24, 2.45) is 11.8 Å². The molecule has 1 saturated heterocycles. The summed E-state index contributed by atoms with van der Waals surface area (Å²) in [5.41, 5.74) is 1.66. The van der Waals surface area contributed by atoms with Crippen molar-refractivity contribution in [3.8, 4) is 11.8 Å². The minimum atomic E-state index is -0.225. The maximum Gasteiger partial charge on any atom is 0.306 e. The normalized spacial score (nSPS) is 27.4. The van der Waals surface area contributed by atoms with Gasteiger partial charge in [0.1, 0.15) is 12.9 Å². The Labute approximate surface area is 147 Å². The Hall–Kier alpha value is -2.16. The highest BCUT2D eigenvalue weighted by Crippen LogP contribution is 2.42. The zero-order chi connectivity index (χ0) is 17.8. The van der Waals surface area contributed by atoms with Crippen molar-refractivity contribution in [2.75, 3.05) is 13.4 Å². The lowest BCUT2D eigenvalue weighted by molar-refractivity contribution is -0.143. The molecule has 0 N–H and O–H groups in total. The molecule has 0 amide bonds. The number of ether oxygens (including phenoxy) is 3. The van der Waals surface area contributed by atoms with Gasteiger partial charge in [-0.05, 0) is 19.8 Å². The van der Waals surface area contributed by atoms with Gasteiger partial charge in [0.15, 0.2) is 0 Å². The molecule has 1 aromatic rings. The Morgan fingerprint density at radius 1 is 1.32 bits per heavy atom. The first-order chi connectivity index (χ1) is 12.1. The Bertz CT molecular complexity index is 697. The minimum absolute atomic E-state index is 0.0163. The average molecular weight is 342 g/mol. The lowest BCUT2D eigenvalue weighted by Gasteiger charge is -2.18. The van der Waals surface area contributed by atoms with Crippen LogP contribution in [0.1, 0.15) is 35.7 Å². The molecule has 25 heavy (non-hydrogen) atoms. The molecular weight excluding hydrogens is 320 g/mol. The molecule has 1 heterocycles. The van der Waals surface area contributed by atoms with E-state index in [4.69, 9.17) is 14.2 Å². The van der Waals surface area contributed by atoms with Crippen molar-refractivity contribution in [3.05, 3.63) is 35.4 Å². The van der Waals surface area contributed by atoms with E-state index < -0.39 is 0 Å². The summed E-state index contributed by atoms with van der Waals surface area (Å²) in [6.07, 6.45) is 0.569. The van der Waals surface area contributed by atoms with E-state index in [1.165, 1.54) is 0 Å². The number of hydrogen-bond donors (Lipinski definition) is 0. The molecule has 4 atom stereocenters. The summed E-state index contributed by atoms with van der Waals surface area (Å²) in [6.45, 7) is 4.61. The smallest absolute Gasteiger partial charge is 0.306 e. The van der Waals surface area contributed by atoms with Crippen molar-refractivity contribution in [2.45, 2.75) is 38.9 Å². The molecule has 132 valence electrons. The SMILES string of the molecule is CCOCO[C@@H]1C[C@@H]2OC(=O)C[C@@H]2[C@H]1C#CC(=O)c1ccc(C)cc1. The van der Waals surface area contributed by atoms with E-state index in [0.29, 0.717) is 25.0 Å². The number of rotatable bonds is 5. The van der Waals surface area contributed by atoms with Crippen LogP contribution in [-0.2, 0) is 19.0 Å². The summed E-state index contributed by atoms with van der Waals surface area (Å²) >= 11 is 0. The number of hydrogen-bond acceptors (Lipinski definition) is 5. The average Bonchev–Trinajstić information content (AvgIpc) is 3.09. The number of carbonyl (C=O) groups is 2. The summed E-state index contributed by atoms with van der Waals surface area (Å²) in [6, 6.07) is 7.32.